The zero-order valence-electron chi connectivity index (χ0n) is 10.8. The molecule has 0 aliphatic carbocycles. The van der Waals surface area contributed by atoms with Crippen molar-refractivity contribution in [3.05, 3.63) is 47.3 Å². The highest BCUT2D eigenvalue weighted by atomic mass is 32.2. The van der Waals surface area contributed by atoms with Crippen LogP contribution in [0.3, 0.4) is 0 Å². The van der Waals surface area contributed by atoms with Crippen LogP contribution in [-0.2, 0) is 5.75 Å². The molecule has 0 N–H and O–H groups in total. The minimum Gasteiger partial charge on any atom is -0.497 e. The van der Waals surface area contributed by atoms with Gasteiger partial charge in [0.2, 0.25) is 0 Å². The monoisotopic (exact) mass is 304 g/mol. The third kappa shape index (κ3) is 3.02. The molecule has 2 aromatic heterocycles. The molecule has 0 amide bonds. The maximum Gasteiger partial charge on any atom is 0.277 e. The average molecular weight is 304 g/mol. The molecule has 0 saturated carbocycles. The Labute approximate surface area is 124 Å². The molecular weight excluding hydrogens is 292 g/mol. The van der Waals surface area contributed by atoms with Crippen LogP contribution in [-0.4, -0.2) is 17.3 Å². The van der Waals surface area contributed by atoms with E-state index in [0.29, 0.717) is 11.1 Å². The minimum atomic E-state index is 0.577. The highest BCUT2D eigenvalue weighted by Gasteiger charge is 2.09. The number of aromatic nitrogens is 2. The van der Waals surface area contributed by atoms with Crippen molar-refractivity contribution in [2.75, 3.05) is 7.11 Å². The van der Waals surface area contributed by atoms with Crippen molar-refractivity contribution in [1.29, 1.82) is 0 Å². The van der Waals surface area contributed by atoms with E-state index in [2.05, 4.69) is 10.2 Å². The summed E-state index contributed by atoms with van der Waals surface area (Å²) in [4.78, 5) is 0.991. The Morgan fingerprint density at radius 3 is 3.00 bits per heavy atom. The lowest BCUT2D eigenvalue weighted by Crippen LogP contribution is -1.85. The Morgan fingerprint density at radius 1 is 1.25 bits per heavy atom. The maximum atomic E-state index is 5.63. The first-order valence-electron chi connectivity index (χ1n) is 5.98. The Bertz CT molecular complexity index is 680. The van der Waals surface area contributed by atoms with Crippen LogP contribution in [0.15, 0.2) is 51.4 Å². The van der Waals surface area contributed by atoms with Gasteiger partial charge in [-0.25, -0.2) is 0 Å². The van der Waals surface area contributed by atoms with Gasteiger partial charge in [0.15, 0.2) is 0 Å². The van der Waals surface area contributed by atoms with Crippen LogP contribution in [0.1, 0.15) is 5.56 Å². The zero-order chi connectivity index (χ0) is 13.8. The van der Waals surface area contributed by atoms with Crippen LogP contribution in [0, 0.1) is 0 Å². The number of benzene rings is 1. The van der Waals surface area contributed by atoms with E-state index in [0.717, 1.165) is 21.9 Å². The molecule has 0 spiro atoms. The van der Waals surface area contributed by atoms with Crippen molar-refractivity contribution < 1.29 is 9.15 Å². The van der Waals surface area contributed by atoms with Gasteiger partial charge < -0.3 is 9.15 Å². The van der Waals surface area contributed by atoms with Crippen molar-refractivity contribution in [3.8, 4) is 16.5 Å². The quantitative estimate of drug-likeness (QED) is 0.664. The number of thiophene rings is 1. The van der Waals surface area contributed by atoms with Crippen LogP contribution in [0.5, 0.6) is 5.75 Å². The second-order valence-corrected chi connectivity index (χ2v) is 5.86. The van der Waals surface area contributed by atoms with Crippen LogP contribution in [0.2, 0.25) is 0 Å². The number of thioether (sulfide) groups is 1. The van der Waals surface area contributed by atoms with Gasteiger partial charge in [-0.3, -0.25) is 0 Å². The number of rotatable bonds is 5. The summed E-state index contributed by atoms with van der Waals surface area (Å²) in [6, 6.07) is 11.9. The van der Waals surface area contributed by atoms with Crippen molar-refractivity contribution >= 4 is 23.1 Å². The first-order chi connectivity index (χ1) is 9.85. The molecule has 0 radical (unpaired) electrons. The molecule has 0 unspecified atom stereocenters. The van der Waals surface area contributed by atoms with Gasteiger partial charge in [-0.1, -0.05) is 30.0 Å². The van der Waals surface area contributed by atoms with Crippen LogP contribution in [0.25, 0.3) is 10.8 Å². The second-order valence-electron chi connectivity index (χ2n) is 3.99. The summed E-state index contributed by atoms with van der Waals surface area (Å²) in [5.41, 5.74) is 1.16. The average Bonchev–Trinajstić information content (AvgIpc) is 3.16. The highest BCUT2D eigenvalue weighted by molar-refractivity contribution is 7.98. The molecule has 6 heteroatoms. The molecule has 3 aromatic rings. The van der Waals surface area contributed by atoms with Crippen LogP contribution >= 0.6 is 23.1 Å². The van der Waals surface area contributed by atoms with E-state index in [1.807, 2.05) is 41.8 Å². The summed E-state index contributed by atoms with van der Waals surface area (Å²) >= 11 is 3.11. The van der Waals surface area contributed by atoms with E-state index in [1.54, 1.807) is 18.4 Å². The zero-order valence-corrected chi connectivity index (χ0v) is 12.4. The number of hydrogen-bond acceptors (Lipinski definition) is 6. The van der Waals surface area contributed by atoms with Crippen LogP contribution in [0.4, 0.5) is 0 Å². The van der Waals surface area contributed by atoms with Gasteiger partial charge in [0.05, 0.1) is 12.0 Å². The van der Waals surface area contributed by atoms with Gasteiger partial charge in [-0.05, 0) is 29.1 Å². The first-order valence-corrected chi connectivity index (χ1v) is 7.85. The van der Waals surface area contributed by atoms with E-state index in [9.17, 15) is 0 Å². The largest absolute Gasteiger partial charge is 0.497 e. The Morgan fingerprint density at radius 2 is 2.20 bits per heavy atom. The van der Waals surface area contributed by atoms with E-state index in [1.165, 1.54) is 11.8 Å². The van der Waals surface area contributed by atoms with Crippen molar-refractivity contribution in [2.45, 2.75) is 11.0 Å². The highest BCUT2D eigenvalue weighted by Crippen LogP contribution is 2.28. The molecular formula is C14H12N2O2S2. The first kappa shape index (κ1) is 13.2. The lowest BCUT2D eigenvalue weighted by molar-refractivity contribution is 0.414. The fraction of sp³-hybridized carbons (Fsp3) is 0.143. The predicted octanol–water partition coefficient (Wildman–Crippen LogP) is 4.10. The summed E-state index contributed by atoms with van der Waals surface area (Å²) in [6.45, 7) is 0. The predicted molar refractivity (Wildman–Crippen MR) is 80.2 cm³/mol. The summed E-state index contributed by atoms with van der Waals surface area (Å²) in [5, 5.41) is 10.7. The lowest BCUT2D eigenvalue weighted by Gasteiger charge is -2.02. The standard InChI is InChI=1S/C14H12N2O2S2/c1-17-11-5-2-4-10(8-11)9-20-14-16-15-13(18-14)12-6-3-7-19-12/h2-8H,9H2,1H3. The molecule has 0 aliphatic rings. The van der Waals surface area contributed by atoms with E-state index >= 15 is 0 Å². The fourth-order valence-corrected chi connectivity index (χ4v) is 3.03. The molecule has 102 valence electrons. The summed E-state index contributed by atoms with van der Waals surface area (Å²) in [5.74, 6) is 2.20. The molecule has 1 aromatic carbocycles. The third-order valence-corrected chi connectivity index (χ3v) is 4.38. The van der Waals surface area contributed by atoms with E-state index in [4.69, 9.17) is 9.15 Å². The lowest BCUT2D eigenvalue weighted by atomic mass is 10.2. The molecule has 0 saturated heterocycles. The number of methoxy groups -OCH3 is 1. The van der Waals surface area contributed by atoms with Gasteiger partial charge in [-0.2, -0.15) is 0 Å². The number of ether oxygens (including phenoxy) is 1. The third-order valence-electron chi connectivity index (χ3n) is 2.63. The fourth-order valence-electron chi connectivity index (χ4n) is 1.68. The Balaban J connectivity index is 1.66. The second kappa shape index (κ2) is 6.11. The molecule has 3 rings (SSSR count). The number of nitrogens with zero attached hydrogens (tertiary/aromatic N) is 2. The Kier molecular flexibility index (Phi) is 4.03. The molecule has 0 fully saturated rings. The summed E-state index contributed by atoms with van der Waals surface area (Å²) in [6.07, 6.45) is 0. The molecule has 2 heterocycles. The van der Waals surface area contributed by atoms with Crippen molar-refractivity contribution in [2.24, 2.45) is 0 Å². The SMILES string of the molecule is COc1cccc(CSc2nnc(-c3cccs3)o2)c1. The van der Waals surface area contributed by atoms with Gasteiger partial charge in [0, 0.05) is 5.75 Å². The number of hydrogen-bond donors (Lipinski definition) is 0. The Hall–Kier alpha value is -1.79. The summed E-state index contributed by atoms with van der Waals surface area (Å²) < 4.78 is 10.8. The van der Waals surface area contributed by atoms with Crippen LogP contribution < -0.4 is 4.74 Å². The topological polar surface area (TPSA) is 48.2 Å². The van der Waals surface area contributed by atoms with Gasteiger partial charge in [0.25, 0.3) is 11.1 Å². The van der Waals surface area contributed by atoms with Gasteiger partial charge in [0.1, 0.15) is 5.75 Å². The molecule has 0 bridgehead atoms. The molecule has 4 nitrogen and oxygen atoms in total. The van der Waals surface area contributed by atoms with Crippen molar-refractivity contribution in [1.82, 2.24) is 10.2 Å². The maximum absolute atomic E-state index is 5.63. The van der Waals surface area contributed by atoms with Crippen molar-refractivity contribution in [3.63, 3.8) is 0 Å². The molecule has 20 heavy (non-hydrogen) atoms. The van der Waals surface area contributed by atoms with Gasteiger partial charge >= 0.3 is 0 Å². The molecule has 0 aliphatic heterocycles. The minimum absolute atomic E-state index is 0.577. The normalized spacial score (nSPS) is 10.7. The van der Waals surface area contributed by atoms with E-state index < -0.39 is 0 Å². The smallest absolute Gasteiger partial charge is 0.277 e. The molecule has 0 atom stereocenters. The summed E-state index contributed by atoms with van der Waals surface area (Å²) in [7, 11) is 1.66. The van der Waals surface area contributed by atoms with E-state index in [-0.39, 0.29) is 0 Å². The van der Waals surface area contributed by atoms with Gasteiger partial charge in [-0.15, -0.1) is 21.5 Å².